The van der Waals surface area contributed by atoms with Crippen molar-refractivity contribution in [3.63, 3.8) is 0 Å². The van der Waals surface area contributed by atoms with Crippen molar-refractivity contribution >= 4 is 17.4 Å². The first-order valence-electron chi connectivity index (χ1n) is 13.7. The normalized spacial score (nSPS) is 15.0. The number of carbonyl (C=O) groups excluding carboxylic acids is 1. The summed E-state index contributed by atoms with van der Waals surface area (Å²) in [5.41, 5.74) is 4.03. The van der Waals surface area contributed by atoms with Crippen LogP contribution < -0.4 is 10.6 Å². The standard InChI is InChI=1S/C29H37N9O2/c1-18(2)37-9-7-22(8-10-37)32-23-11-20(14-30-16-23)24-17-38(36-34-24)25-12-21(15-31-19(25)3)28(39)33-27-13-26(40-35-27)29(4,5)6/h11-18,22,32H,7-10H2,1-6H3,(H,33,35,39). The number of hydrogen-bond donors (Lipinski definition) is 2. The molecule has 1 saturated heterocycles. The van der Waals surface area contributed by atoms with Gasteiger partial charge in [0.25, 0.3) is 5.91 Å². The molecule has 0 atom stereocenters. The molecule has 40 heavy (non-hydrogen) atoms. The van der Waals surface area contributed by atoms with Gasteiger partial charge in [0.1, 0.15) is 11.5 Å². The van der Waals surface area contributed by atoms with Gasteiger partial charge >= 0.3 is 0 Å². The number of carbonyl (C=O) groups is 1. The Labute approximate surface area is 234 Å². The van der Waals surface area contributed by atoms with Crippen molar-refractivity contribution in [2.75, 3.05) is 23.7 Å². The lowest BCUT2D eigenvalue weighted by atomic mass is 9.93. The number of nitrogens with zero attached hydrogens (tertiary/aromatic N) is 7. The maximum Gasteiger partial charge on any atom is 0.258 e. The van der Waals surface area contributed by atoms with Crippen LogP contribution in [0.2, 0.25) is 0 Å². The number of nitrogens with one attached hydrogen (secondary N) is 2. The molecule has 1 amide bonds. The van der Waals surface area contributed by atoms with Gasteiger partial charge in [-0.1, -0.05) is 31.1 Å². The number of anilines is 2. The summed E-state index contributed by atoms with van der Waals surface area (Å²) in [7, 11) is 0. The minimum Gasteiger partial charge on any atom is -0.381 e. The lowest BCUT2D eigenvalue weighted by Gasteiger charge is -2.35. The highest BCUT2D eigenvalue weighted by Gasteiger charge is 2.22. The third-order valence-corrected chi connectivity index (χ3v) is 7.22. The van der Waals surface area contributed by atoms with Crippen molar-refractivity contribution in [3.8, 4) is 16.9 Å². The third-order valence-electron chi connectivity index (χ3n) is 7.22. The second-order valence-electron chi connectivity index (χ2n) is 11.7. The second-order valence-corrected chi connectivity index (χ2v) is 11.7. The summed E-state index contributed by atoms with van der Waals surface area (Å²) in [6, 6.07) is 6.52. The van der Waals surface area contributed by atoms with Gasteiger partial charge in [-0.2, -0.15) is 0 Å². The van der Waals surface area contributed by atoms with Crippen molar-refractivity contribution in [1.82, 2.24) is 35.0 Å². The lowest BCUT2D eigenvalue weighted by molar-refractivity contribution is 0.102. The lowest BCUT2D eigenvalue weighted by Crippen LogP contribution is -2.42. The average molecular weight is 544 g/mol. The van der Waals surface area contributed by atoms with Crippen LogP contribution in [0.15, 0.2) is 47.5 Å². The van der Waals surface area contributed by atoms with E-state index in [0.29, 0.717) is 46.3 Å². The highest BCUT2D eigenvalue weighted by molar-refractivity contribution is 6.03. The summed E-state index contributed by atoms with van der Waals surface area (Å²) in [6.45, 7) is 14.6. The second kappa shape index (κ2) is 11.2. The number of rotatable bonds is 7. The third kappa shape index (κ3) is 6.20. The van der Waals surface area contributed by atoms with Crippen molar-refractivity contribution in [1.29, 1.82) is 0 Å². The summed E-state index contributed by atoms with van der Waals surface area (Å²) >= 11 is 0. The van der Waals surface area contributed by atoms with E-state index in [1.807, 2.05) is 40.1 Å². The van der Waals surface area contributed by atoms with Crippen LogP contribution in [0.25, 0.3) is 16.9 Å². The molecule has 0 spiro atoms. The first-order chi connectivity index (χ1) is 19.1. The maximum atomic E-state index is 13.0. The molecule has 0 bridgehead atoms. The molecule has 11 heteroatoms. The minimum atomic E-state index is -0.343. The smallest absolute Gasteiger partial charge is 0.258 e. The molecule has 0 unspecified atom stereocenters. The van der Waals surface area contributed by atoms with Gasteiger partial charge in [-0.15, -0.1) is 5.10 Å². The fourth-order valence-corrected chi connectivity index (χ4v) is 4.72. The number of amides is 1. The van der Waals surface area contributed by atoms with Crippen molar-refractivity contribution in [2.24, 2.45) is 0 Å². The van der Waals surface area contributed by atoms with E-state index in [0.717, 1.165) is 37.2 Å². The Morgan fingerprint density at radius 1 is 1.10 bits per heavy atom. The number of aryl methyl sites for hydroxylation is 1. The van der Waals surface area contributed by atoms with Crippen LogP contribution >= 0.6 is 0 Å². The van der Waals surface area contributed by atoms with E-state index in [4.69, 9.17) is 4.52 Å². The molecule has 1 aliphatic heterocycles. The quantitative estimate of drug-likeness (QED) is 0.336. The Bertz CT molecular complexity index is 1480. The molecule has 5 rings (SSSR count). The van der Waals surface area contributed by atoms with Gasteiger partial charge < -0.3 is 20.1 Å². The molecule has 0 saturated carbocycles. The fraction of sp³-hybridized carbons (Fsp3) is 0.448. The largest absolute Gasteiger partial charge is 0.381 e. The molecule has 2 N–H and O–H groups in total. The zero-order chi connectivity index (χ0) is 28.4. The molecular weight excluding hydrogens is 506 g/mol. The van der Waals surface area contributed by atoms with Crippen molar-refractivity contribution in [3.05, 3.63) is 60.0 Å². The molecular formula is C29H37N9O2. The monoisotopic (exact) mass is 543 g/mol. The predicted octanol–water partition coefficient (Wildman–Crippen LogP) is 4.86. The van der Waals surface area contributed by atoms with E-state index in [-0.39, 0.29) is 11.3 Å². The van der Waals surface area contributed by atoms with E-state index in [1.165, 1.54) is 6.20 Å². The minimum absolute atomic E-state index is 0.213. The van der Waals surface area contributed by atoms with Crippen LogP contribution in [-0.4, -0.2) is 66.1 Å². The number of aromatic nitrogens is 6. The number of hydrogen-bond acceptors (Lipinski definition) is 9. The SMILES string of the molecule is Cc1ncc(C(=O)Nc2cc(C(C)(C)C)on2)cc1-n1cc(-c2cncc(NC3CCN(C(C)C)CC3)c2)nn1. The molecule has 4 aromatic heterocycles. The summed E-state index contributed by atoms with van der Waals surface area (Å²) < 4.78 is 7.00. The van der Waals surface area contributed by atoms with E-state index in [2.05, 4.69) is 60.9 Å². The number of likely N-dealkylation sites (tertiary alicyclic amines) is 1. The van der Waals surface area contributed by atoms with Gasteiger partial charge in [0.05, 0.1) is 28.8 Å². The van der Waals surface area contributed by atoms with Crippen LogP contribution in [-0.2, 0) is 5.41 Å². The maximum absolute atomic E-state index is 13.0. The van der Waals surface area contributed by atoms with Crippen LogP contribution in [0.3, 0.4) is 0 Å². The Kier molecular flexibility index (Phi) is 7.66. The topological polar surface area (TPSA) is 127 Å². The average Bonchev–Trinajstić information content (AvgIpc) is 3.60. The number of pyridine rings is 2. The van der Waals surface area contributed by atoms with E-state index in [1.54, 1.807) is 23.0 Å². The predicted molar refractivity (Wildman–Crippen MR) is 154 cm³/mol. The van der Waals surface area contributed by atoms with Crippen LogP contribution in [0, 0.1) is 6.92 Å². The first-order valence-corrected chi connectivity index (χ1v) is 13.7. The first kappa shape index (κ1) is 27.4. The Morgan fingerprint density at radius 3 is 2.58 bits per heavy atom. The zero-order valence-corrected chi connectivity index (χ0v) is 24.0. The van der Waals surface area contributed by atoms with E-state index in [9.17, 15) is 4.79 Å². The summed E-state index contributed by atoms with van der Waals surface area (Å²) in [5, 5.41) is 19.1. The van der Waals surface area contributed by atoms with Gasteiger partial charge in [-0.25, -0.2) is 4.68 Å². The highest BCUT2D eigenvalue weighted by Crippen LogP contribution is 2.26. The van der Waals surface area contributed by atoms with Crippen LogP contribution in [0.1, 0.15) is 69.3 Å². The summed E-state index contributed by atoms with van der Waals surface area (Å²) in [5.74, 6) is 0.697. The molecule has 5 heterocycles. The van der Waals surface area contributed by atoms with Gasteiger partial charge in [0.15, 0.2) is 5.82 Å². The summed E-state index contributed by atoms with van der Waals surface area (Å²) in [4.78, 5) is 24.3. The molecule has 0 aliphatic carbocycles. The molecule has 1 aliphatic rings. The Hall–Kier alpha value is -4.12. The van der Waals surface area contributed by atoms with Crippen molar-refractivity contribution < 1.29 is 9.32 Å². The van der Waals surface area contributed by atoms with Crippen LogP contribution in [0.5, 0.6) is 0 Å². The molecule has 0 radical (unpaired) electrons. The molecule has 11 nitrogen and oxygen atoms in total. The van der Waals surface area contributed by atoms with E-state index >= 15 is 0 Å². The molecule has 4 aromatic rings. The summed E-state index contributed by atoms with van der Waals surface area (Å²) in [6.07, 6.45) is 9.17. The molecule has 210 valence electrons. The fourth-order valence-electron chi connectivity index (χ4n) is 4.72. The highest BCUT2D eigenvalue weighted by atomic mass is 16.5. The van der Waals surface area contributed by atoms with Gasteiger partial charge in [0.2, 0.25) is 0 Å². The molecule has 1 fully saturated rings. The number of piperidine rings is 1. The van der Waals surface area contributed by atoms with Gasteiger partial charge in [0, 0.05) is 60.8 Å². The Balaban J connectivity index is 1.29. The van der Waals surface area contributed by atoms with Crippen molar-refractivity contribution in [2.45, 2.75) is 71.9 Å². The zero-order valence-electron chi connectivity index (χ0n) is 24.0. The van der Waals surface area contributed by atoms with Gasteiger partial charge in [-0.05, 0) is 45.7 Å². The van der Waals surface area contributed by atoms with Gasteiger partial charge in [-0.3, -0.25) is 14.8 Å². The van der Waals surface area contributed by atoms with E-state index < -0.39 is 0 Å². The Morgan fingerprint density at radius 2 is 1.88 bits per heavy atom. The molecule has 0 aromatic carbocycles. The van der Waals surface area contributed by atoms with Crippen LogP contribution in [0.4, 0.5) is 11.5 Å².